The average Bonchev–Trinajstić information content (AvgIpc) is 2.85. The van der Waals surface area contributed by atoms with Crippen LogP contribution in [0.1, 0.15) is 34.5 Å². The molecule has 6 nitrogen and oxygen atoms in total. The Bertz CT molecular complexity index is 680. The Morgan fingerprint density at radius 3 is 2.57 bits per heavy atom. The Kier molecular flexibility index (Phi) is 5.51. The number of carbonyl (C=O) groups is 2. The van der Waals surface area contributed by atoms with E-state index in [1.54, 1.807) is 11.7 Å². The molecule has 1 amide bonds. The zero-order chi connectivity index (χ0) is 16.8. The first-order chi connectivity index (χ1) is 11.0. The van der Waals surface area contributed by atoms with Gasteiger partial charge in [-0.3, -0.25) is 14.3 Å². The molecule has 2 aromatic rings. The van der Waals surface area contributed by atoms with Crippen LogP contribution < -0.4 is 5.32 Å². The topological polar surface area (TPSA) is 84.2 Å². The molecule has 2 N–H and O–H groups in total. The monoisotopic (exact) mass is 315 g/mol. The summed E-state index contributed by atoms with van der Waals surface area (Å²) in [5, 5.41) is 15.9. The van der Waals surface area contributed by atoms with Crippen molar-refractivity contribution in [2.45, 2.75) is 32.2 Å². The number of aryl methyl sites for hydroxylation is 1. The largest absolute Gasteiger partial charge is 0.481 e. The van der Waals surface area contributed by atoms with Gasteiger partial charge < -0.3 is 10.4 Å². The second-order valence-corrected chi connectivity index (χ2v) is 5.56. The number of carboxylic acid groups (broad SMARTS) is 1. The van der Waals surface area contributed by atoms with E-state index in [2.05, 4.69) is 10.4 Å². The van der Waals surface area contributed by atoms with Gasteiger partial charge in [0.2, 0.25) is 0 Å². The maximum absolute atomic E-state index is 12.4. The Labute approximate surface area is 135 Å². The fraction of sp³-hybridized carbons (Fsp3) is 0.353. The van der Waals surface area contributed by atoms with Crippen molar-refractivity contribution in [2.24, 2.45) is 7.05 Å². The second-order valence-electron chi connectivity index (χ2n) is 5.56. The van der Waals surface area contributed by atoms with Crippen LogP contribution in [0.25, 0.3) is 0 Å². The third kappa shape index (κ3) is 4.67. The highest BCUT2D eigenvalue weighted by Gasteiger charge is 2.18. The maximum atomic E-state index is 12.4. The van der Waals surface area contributed by atoms with Crippen LogP contribution in [-0.4, -0.2) is 32.8 Å². The van der Waals surface area contributed by atoms with E-state index >= 15 is 0 Å². The van der Waals surface area contributed by atoms with Crippen molar-refractivity contribution in [2.75, 3.05) is 0 Å². The molecule has 6 heteroatoms. The summed E-state index contributed by atoms with van der Waals surface area (Å²) >= 11 is 0. The lowest BCUT2D eigenvalue weighted by molar-refractivity contribution is -0.137. The molecule has 1 aromatic heterocycles. The highest BCUT2D eigenvalue weighted by Crippen LogP contribution is 2.11. The first kappa shape index (κ1) is 16.7. The molecule has 2 rings (SSSR count). The number of rotatable bonds is 7. The summed E-state index contributed by atoms with van der Waals surface area (Å²) in [4.78, 5) is 23.3. The first-order valence-corrected chi connectivity index (χ1v) is 7.52. The standard InChI is InChI=1S/C17H21N3O3/c1-12-15(11-18-20(12)2)17(23)19-14(8-9-16(21)22)10-13-6-4-3-5-7-13/h3-7,11,14H,8-10H2,1-2H3,(H,19,23)(H,21,22). The number of carbonyl (C=O) groups excluding carboxylic acids is 1. The lowest BCUT2D eigenvalue weighted by Gasteiger charge is -2.18. The summed E-state index contributed by atoms with van der Waals surface area (Å²) in [6.45, 7) is 1.82. The van der Waals surface area contributed by atoms with Crippen molar-refractivity contribution in [3.8, 4) is 0 Å². The summed E-state index contributed by atoms with van der Waals surface area (Å²) in [6.07, 6.45) is 2.53. The predicted molar refractivity (Wildman–Crippen MR) is 86.2 cm³/mol. The van der Waals surface area contributed by atoms with E-state index < -0.39 is 5.97 Å². The molecule has 1 atom stereocenters. The lowest BCUT2D eigenvalue weighted by Crippen LogP contribution is -2.37. The molecule has 0 radical (unpaired) electrons. The fourth-order valence-electron chi connectivity index (χ4n) is 2.41. The van der Waals surface area contributed by atoms with Gasteiger partial charge in [0.25, 0.3) is 5.91 Å². The number of amides is 1. The van der Waals surface area contributed by atoms with Crippen LogP contribution in [0.2, 0.25) is 0 Å². The van der Waals surface area contributed by atoms with Crippen molar-refractivity contribution in [1.82, 2.24) is 15.1 Å². The lowest BCUT2D eigenvalue weighted by atomic mass is 10.0. The number of aromatic nitrogens is 2. The third-order valence-electron chi connectivity index (χ3n) is 3.85. The third-order valence-corrected chi connectivity index (χ3v) is 3.85. The van der Waals surface area contributed by atoms with E-state index in [4.69, 9.17) is 5.11 Å². The van der Waals surface area contributed by atoms with Crippen LogP contribution in [0, 0.1) is 6.92 Å². The minimum absolute atomic E-state index is 0.0177. The number of nitrogens with one attached hydrogen (secondary N) is 1. The molecule has 0 aliphatic rings. The molecule has 0 spiro atoms. The molecule has 1 aromatic carbocycles. The van der Waals surface area contributed by atoms with Gasteiger partial charge in [0.05, 0.1) is 11.8 Å². The van der Waals surface area contributed by atoms with Gasteiger partial charge >= 0.3 is 5.97 Å². The van der Waals surface area contributed by atoms with E-state index in [0.29, 0.717) is 18.4 Å². The molecule has 1 heterocycles. The Balaban J connectivity index is 2.08. The quantitative estimate of drug-likeness (QED) is 0.818. The molecule has 0 aliphatic heterocycles. The second kappa shape index (κ2) is 7.58. The van der Waals surface area contributed by atoms with Gasteiger partial charge in [-0.1, -0.05) is 30.3 Å². The van der Waals surface area contributed by atoms with Gasteiger partial charge in [0.15, 0.2) is 0 Å². The van der Waals surface area contributed by atoms with Crippen molar-refractivity contribution in [3.63, 3.8) is 0 Å². The summed E-state index contributed by atoms with van der Waals surface area (Å²) in [6, 6.07) is 9.48. The van der Waals surface area contributed by atoms with Crippen molar-refractivity contribution < 1.29 is 14.7 Å². The molecular formula is C17H21N3O3. The number of carboxylic acids is 1. The zero-order valence-corrected chi connectivity index (χ0v) is 13.3. The van der Waals surface area contributed by atoms with Gasteiger partial charge in [-0.15, -0.1) is 0 Å². The summed E-state index contributed by atoms with van der Waals surface area (Å²) in [7, 11) is 1.78. The average molecular weight is 315 g/mol. The van der Waals surface area contributed by atoms with Crippen LogP contribution in [0.3, 0.4) is 0 Å². The van der Waals surface area contributed by atoms with Crippen LogP contribution in [0.4, 0.5) is 0 Å². The minimum atomic E-state index is -0.866. The van der Waals surface area contributed by atoms with E-state index in [0.717, 1.165) is 11.3 Å². The Hall–Kier alpha value is -2.63. The summed E-state index contributed by atoms with van der Waals surface area (Å²) in [5.74, 6) is -1.09. The van der Waals surface area contributed by atoms with Crippen molar-refractivity contribution in [3.05, 3.63) is 53.3 Å². The highest BCUT2D eigenvalue weighted by molar-refractivity contribution is 5.95. The number of hydrogen-bond donors (Lipinski definition) is 2. The van der Waals surface area contributed by atoms with Crippen LogP contribution in [0.5, 0.6) is 0 Å². The SMILES string of the molecule is Cc1c(C(=O)NC(CCC(=O)O)Cc2ccccc2)cnn1C. The predicted octanol–water partition coefficient (Wildman–Crippen LogP) is 1.93. The van der Waals surface area contributed by atoms with Crippen molar-refractivity contribution in [1.29, 1.82) is 0 Å². The van der Waals surface area contributed by atoms with E-state index in [1.807, 2.05) is 37.3 Å². The Morgan fingerprint density at radius 2 is 2.00 bits per heavy atom. The number of hydrogen-bond acceptors (Lipinski definition) is 3. The molecule has 23 heavy (non-hydrogen) atoms. The smallest absolute Gasteiger partial charge is 0.303 e. The maximum Gasteiger partial charge on any atom is 0.303 e. The van der Waals surface area contributed by atoms with Crippen LogP contribution in [-0.2, 0) is 18.3 Å². The van der Waals surface area contributed by atoms with Gasteiger partial charge in [-0.05, 0) is 25.3 Å². The minimum Gasteiger partial charge on any atom is -0.481 e. The van der Waals surface area contributed by atoms with Crippen LogP contribution >= 0.6 is 0 Å². The highest BCUT2D eigenvalue weighted by atomic mass is 16.4. The molecule has 0 saturated heterocycles. The molecule has 122 valence electrons. The normalized spacial score (nSPS) is 11.9. The molecular weight excluding hydrogens is 294 g/mol. The Morgan fingerprint density at radius 1 is 1.30 bits per heavy atom. The number of nitrogens with zero attached hydrogens (tertiary/aromatic N) is 2. The molecule has 1 unspecified atom stereocenters. The first-order valence-electron chi connectivity index (χ1n) is 7.52. The number of benzene rings is 1. The van der Waals surface area contributed by atoms with Gasteiger partial charge in [-0.2, -0.15) is 5.10 Å². The molecule has 0 bridgehead atoms. The van der Waals surface area contributed by atoms with Crippen molar-refractivity contribution >= 4 is 11.9 Å². The molecule has 0 aliphatic carbocycles. The number of aliphatic carboxylic acids is 1. The van der Waals surface area contributed by atoms with E-state index in [1.165, 1.54) is 6.20 Å². The summed E-state index contributed by atoms with van der Waals surface area (Å²) < 4.78 is 1.64. The van der Waals surface area contributed by atoms with Gasteiger partial charge in [0, 0.05) is 25.2 Å². The van der Waals surface area contributed by atoms with Gasteiger partial charge in [0.1, 0.15) is 0 Å². The van der Waals surface area contributed by atoms with E-state index in [-0.39, 0.29) is 18.4 Å². The molecule has 0 fully saturated rings. The van der Waals surface area contributed by atoms with E-state index in [9.17, 15) is 9.59 Å². The fourth-order valence-corrected chi connectivity index (χ4v) is 2.41. The summed E-state index contributed by atoms with van der Waals surface area (Å²) in [5.41, 5.74) is 2.35. The molecule has 0 saturated carbocycles. The zero-order valence-electron chi connectivity index (χ0n) is 13.3. The van der Waals surface area contributed by atoms with Gasteiger partial charge in [-0.25, -0.2) is 0 Å². The van der Waals surface area contributed by atoms with Crippen LogP contribution in [0.15, 0.2) is 36.5 Å².